The lowest BCUT2D eigenvalue weighted by Crippen LogP contribution is -2.73. The van der Waals surface area contributed by atoms with E-state index in [9.17, 15) is 0 Å². The minimum absolute atomic E-state index is 0.446. The molecule has 12 nitrogen and oxygen atoms in total. The van der Waals surface area contributed by atoms with E-state index in [1.165, 1.54) is 0 Å². The van der Waals surface area contributed by atoms with Crippen LogP contribution in [0.1, 0.15) is 83.1 Å². The minimum Gasteiger partial charge on any atom is -0.485 e. The van der Waals surface area contributed by atoms with Gasteiger partial charge in [0.15, 0.2) is 46.0 Å². The molecular weight excluding hydrogens is 1020 g/mol. The van der Waals surface area contributed by atoms with Gasteiger partial charge >= 0.3 is 31.4 Å². The van der Waals surface area contributed by atoms with E-state index in [1.54, 1.807) is 45.3 Å². The number of thiophene rings is 4. The molecule has 0 spiro atoms. The van der Waals surface area contributed by atoms with Crippen molar-refractivity contribution in [3.63, 3.8) is 0 Å². The van der Waals surface area contributed by atoms with Gasteiger partial charge in [-0.15, -0.1) is 45.3 Å². The van der Waals surface area contributed by atoms with Crippen molar-refractivity contribution in [2.24, 2.45) is 0 Å². The third kappa shape index (κ3) is 8.43. The number of hydrogen-bond donors (Lipinski definition) is 0. The number of rotatable bonds is 6. The van der Waals surface area contributed by atoms with Crippen LogP contribution in [0.3, 0.4) is 0 Å². The molecule has 0 N–H and O–H groups in total. The number of hydrogen-bond acceptors (Lipinski definition) is 16. The fourth-order valence-electron chi connectivity index (χ4n) is 10.8. The second-order valence-corrected chi connectivity index (χ2v) is 36.0. The fourth-order valence-corrected chi connectivity index (χ4v) is 25.0. The van der Waals surface area contributed by atoms with E-state index >= 15 is 0 Å². The topological polar surface area (TPSA) is 111 Å². The standard InChI is InChI=1S/C52H62B2O12S4Si2/c1-49(2,3)71(50(4,5)6)63-53(33-17-13-31(14-18-33)43-39-41(61-27-25-59-39)47(69-43)45-37-35(29-67-45)55-21-23-57-37)65-72(51(7,8)9,52(10,11)12)66-54(64-71)34-19-15-32(16-20-34)44-40-42(62-28-26-60-40)48(70-44)46-38-36(30-68-46)56-22-24-58-38/h13-20,29-30H,21-28H2,1-12H3. The predicted molar refractivity (Wildman–Crippen MR) is 296 cm³/mol. The maximum atomic E-state index is 7.80. The van der Waals surface area contributed by atoms with E-state index in [-0.39, 0.29) is 0 Å². The summed E-state index contributed by atoms with van der Waals surface area (Å²) >= 11 is 6.49. The maximum absolute atomic E-state index is 7.80. The molecule has 4 aromatic heterocycles. The van der Waals surface area contributed by atoms with Crippen molar-refractivity contribution < 1.29 is 55.3 Å². The Kier molecular flexibility index (Phi) is 12.8. The molecule has 11 rings (SSSR count). The summed E-state index contributed by atoms with van der Waals surface area (Å²) < 4.78 is 80.7. The Bertz CT molecular complexity index is 2730. The number of fused-ring (bicyclic) bond motifs is 4. The van der Waals surface area contributed by atoms with Crippen LogP contribution in [0, 0.1) is 0 Å². The van der Waals surface area contributed by atoms with Crippen LogP contribution in [0.5, 0.6) is 46.0 Å². The molecule has 9 heterocycles. The molecule has 6 aromatic rings. The number of benzene rings is 2. The van der Waals surface area contributed by atoms with Crippen LogP contribution >= 0.6 is 45.3 Å². The van der Waals surface area contributed by atoms with E-state index in [1.807, 2.05) is 10.8 Å². The zero-order valence-corrected chi connectivity index (χ0v) is 48.4. The van der Waals surface area contributed by atoms with Gasteiger partial charge in [0.25, 0.3) is 0 Å². The monoisotopic (exact) mass is 1080 g/mol. The fraction of sp³-hybridized carbons (Fsp3) is 0.462. The van der Waals surface area contributed by atoms with Gasteiger partial charge in [-0.2, -0.15) is 0 Å². The molecule has 2 aromatic carbocycles. The third-order valence-corrected chi connectivity index (χ3v) is 28.4. The lowest BCUT2D eigenvalue weighted by atomic mass is 9.80. The summed E-state index contributed by atoms with van der Waals surface area (Å²) in [6.45, 7) is 30.7. The molecule has 0 bridgehead atoms. The first kappa shape index (κ1) is 50.2. The van der Waals surface area contributed by atoms with E-state index in [0.717, 1.165) is 97.3 Å². The first-order valence-electron chi connectivity index (χ1n) is 24.7. The predicted octanol–water partition coefficient (Wildman–Crippen LogP) is 12.9. The van der Waals surface area contributed by atoms with Crippen LogP contribution < -0.4 is 48.8 Å². The molecule has 1 fully saturated rings. The number of ether oxygens (including phenoxy) is 8. The molecule has 0 unspecified atom stereocenters. The van der Waals surface area contributed by atoms with Crippen LogP contribution in [0.15, 0.2) is 59.3 Å². The molecule has 20 heteroatoms. The Morgan fingerprint density at radius 1 is 0.347 bits per heavy atom. The quantitative estimate of drug-likeness (QED) is 0.148. The van der Waals surface area contributed by atoms with Crippen LogP contribution in [0.2, 0.25) is 20.2 Å². The highest BCUT2D eigenvalue weighted by Crippen LogP contribution is 2.61. The summed E-state index contributed by atoms with van der Waals surface area (Å²) in [6.07, 6.45) is 0. The van der Waals surface area contributed by atoms with Gasteiger partial charge in [-0.3, -0.25) is 0 Å². The highest BCUT2D eigenvalue weighted by molar-refractivity contribution is 7.25. The summed E-state index contributed by atoms with van der Waals surface area (Å²) in [6, 6.07) is 17.1. The Morgan fingerprint density at radius 3 is 0.931 bits per heavy atom. The SMILES string of the molecule is CC(C)(C)[Si]1(C(C)(C)C)OB(c2ccc(-c3sc(-c4scc5c4OCCO5)c4c3OCCO4)cc2)O[Si](C(C)(C)C)(C(C)(C)C)OB(c2ccc(-c3sc(-c4scc5c4OCCO5)c4c3OCCO4)cc2)O1. The summed E-state index contributed by atoms with van der Waals surface area (Å²) in [5.41, 5.74) is 3.77. The molecule has 0 radical (unpaired) electrons. The average Bonchev–Trinajstić information content (AvgIpc) is 4.13. The molecule has 5 aliphatic heterocycles. The first-order chi connectivity index (χ1) is 34.2. The van der Waals surface area contributed by atoms with E-state index in [2.05, 4.69) is 132 Å². The van der Waals surface area contributed by atoms with Crippen LogP contribution in [0.4, 0.5) is 0 Å². The molecule has 0 atom stereocenters. The van der Waals surface area contributed by atoms with Crippen molar-refractivity contribution in [3.05, 3.63) is 59.3 Å². The van der Waals surface area contributed by atoms with Gasteiger partial charge in [0.05, 0.1) is 29.3 Å². The smallest absolute Gasteiger partial charge is 0.475 e. The molecule has 0 aliphatic carbocycles. The van der Waals surface area contributed by atoms with E-state index in [4.69, 9.17) is 55.3 Å². The van der Waals surface area contributed by atoms with Crippen molar-refractivity contribution in [2.75, 3.05) is 52.9 Å². The van der Waals surface area contributed by atoms with Crippen molar-refractivity contribution in [2.45, 2.75) is 103 Å². The molecular formula is C52H62B2O12S4Si2. The van der Waals surface area contributed by atoms with Crippen LogP contribution in [-0.2, 0) is 17.4 Å². The van der Waals surface area contributed by atoms with Gasteiger partial charge in [-0.1, -0.05) is 132 Å². The summed E-state index contributed by atoms with van der Waals surface area (Å²) in [7, 11) is -8.50. The normalized spacial score (nSPS) is 18.7. The first-order valence-corrected chi connectivity index (χ1v) is 31.7. The highest BCUT2D eigenvalue weighted by Gasteiger charge is 2.68. The Morgan fingerprint density at radius 2 is 0.625 bits per heavy atom. The average molecular weight is 1090 g/mol. The lowest BCUT2D eigenvalue weighted by Gasteiger charge is -2.58. The highest BCUT2D eigenvalue weighted by atomic mass is 32.1. The maximum Gasteiger partial charge on any atom is 0.475 e. The minimum atomic E-state index is -3.45. The van der Waals surface area contributed by atoms with Gasteiger partial charge in [-0.05, 0) is 22.1 Å². The molecule has 1 saturated heterocycles. The molecule has 5 aliphatic rings. The van der Waals surface area contributed by atoms with Crippen molar-refractivity contribution >= 4 is 87.6 Å². The Balaban J connectivity index is 0.974. The van der Waals surface area contributed by atoms with Crippen LogP contribution in [0.25, 0.3) is 40.4 Å². The molecule has 0 amide bonds. The van der Waals surface area contributed by atoms with Gasteiger partial charge in [0.1, 0.15) is 52.9 Å². The second kappa shape index (κ2) is 18.4. The molecule has 0 saturated carbocycles. The third-order valence-electron chi connectivity index (χ3n) is 13.7. The second-order valence-electron chi connectivity index (χ2n) is 22.8. The zero-order chi connectivity index (χ0) is 50.6. The van der Waals surface area contributed by atoms with Gasteiger partial charge in [-0.25, -0.2) is 0 Å². The van der Waals surface area contributed by atoms with E-state index in [0.29, 0.717) is 52.9 Å². The van der Waals surface area contributed by atoms with Crippen molar-refractivity contribution in [1.82, 2.24) is 0 Å². The van der Waals surface area contributed by atoms with Crippen molar-refractivity contribution in [3.8, 4) is 86.4 Å². The summed E-state index contributed by atoms with van der Waals surface area (Å²) in [5.74, 6) is 6.04. The zero-order valence-electron chi connectivity index (χ0n) is 43.1. The molecule has 380 valence electrons. The largest absolute Gasteiger partial charge is 0.485 e. The summed E-state index contributed by atoms with van der Waals surface area (Å²) in [4.78, 5) is 5.89. The Hall–Kier alpha value is -3.96. The van der Waals surface area contributed by atoms with Crippen LogP contribution in [-0.4, -0.2) is 84.2 Å². The van der Waals surface area contributed by atoms with Gasteiger partial charge in [0.2, 0.25) is 0 Å². The van der Waals surface area contributed by atoms with Gasteiger partial charge < -0.3 is 55.3 Å². The van der Waals surface area contributed by atoms with E-state index < -0.39 is 51.5 Å². The lowest BCUT2D eigenvalue weighted by molar-refractivity contribution is 0.172. The summed E-state index contributed by atoms with van der Waals surface area (Å²) in [5, 5.41) is 2.23. The van der Waals surface area contributed by atoms with Crippen molar-refractivity contribution in [1.29, 1.82) is 0 Å². The van der Waals surface area contributed by atoms with Gasteiger partial charge in [0, 0.05) is 30.9 Å². The molecule has 72 heavy (non-hydrogen) atoms. The Labute approximate surface area is 441 Å².